The molecular weight excluding hydrogens is 356 g/mol. The van der Waals surface area contributed by atoms with Gasteiger partial charge in [0, 0.05) is 10.9 Å². The molecule has 0 saturated heterocycles. The molecule has 0 spiro atoms. The van der Waals surface area contributed by atoms with Crippen molar-refractivity contribution in [2.24, 2.45) is 0 Å². The number of aromatic amines is 1. The number of thiophene rings is 1. The first-order valence-corrected chi connectivity index (χ1v) is 9.84. The largest absolute Gasteiger partial charge is 0.462 e. The summed E-state index contributed by atoms with van der Waals surface area (Å²) in [6, 6.07) is 9.75. The molecular formula is C18H18N2O3S2. The number of H-pyrrole nitrogens is 1. The zero-order valence-corrected chi connectivity index (χ0v) is 15.6. The molecule has 1 unspecified atom stereocenters. The standard InChI is InChI=1S/C18H18N2O3S2/c1-3-11(2)23-14(21)10-25-18-19-16(22)15-13(9-24-17(15)20-18)12-7-5-4-6-8-12/h4-9,11H,3,10H2,1-2H3,(H,19,20,22). The van der Waals surface area contributed by atoms with Crippen LogP contribution in [0, 0.1) is 0 Å². The maximum absolute atomic E-state index is 12.5. The van der Waals surface area contributed by atoms with Gasteiger partial charge in [-0.15, -0.1) is 11.3 Å². The SMILES string of the molecule is CCC(C)OC(=O)CSc1nc2scc(-c3ccccc3)c2c(=O)[nH]1. The van der Waals surface area contributed by atoms with Gasteiger partial charge in [0.05, 0.1) is 17.2 Å². The molecule has 5 nitrogen and oxygen atoms in total. The molecule has 3 rings (SSSR count). The summed E-state index contributed by atoms with van der Waals surface area (Å²) in [4.78, 5) is 32.2. The molecule has 3 aromatic rings. The molecule has 1 aromatic carbocycles. The quantitative estimate of drug-likeness (QED) is 0.400. The molecule has 130 valence electrons. The monoisotopic (exact) mass is 374 g/mol. The third-order valence-electron chi connectivity index (χ3n) is 3.74. The van der Waals surface area contributed by atoms with E-state index in [0.29, 0.717) is 15.4 Å². The van der Waals surface area contributed by atoms with Crippen LogP contribution in [0.25, 0.3) is 21.3 Å². The molecule has 0 amide bonds. The van der Waals surface area contributed by atoms with Gasteiger partial charge in [0.2, 0.25) is 0 Å². The molecule has 0 aliphatic heterocycles. The van der Waals surface area contributed by atoms with Crippen molar-refractivity contribution >= 4 is 39.3 Å². The molecule has 0 radical (unpaired) electrons. The van der Waals surface area contributed by atoms with E-state index < -0.39 is 0 Å². The summed E-state index contributed by atoms with van der Waals surface area (Å²) in [5.41, 5.74) is 1.67. The van der Waals surface area contributed by atoms with E-state index in [1.54, 1.807) is 0 Å². The van der Waals surface area contributed by atoms with Gasteiger partial charge < -0.3 is 9.72 Å². The number of benzene rings is 1. The van der Waals surface area contributed by atoms with E-state index in [1.807, 2.05) is 49.6 Å². The summed E-state index contributed by atoms with van der Waals surface area (Å²) >= 11 is 2.61. The fourth-order valence-corrected chi connectivity index (χ4v) is 3.95. The fourth-order valence-electron chi connectivity index (χ4n) is 2.30. The first-order chi connectivity index (χ1) is 12.1. The van der Waals surface area contributed by atoms with Crippen LogP contribution in [0.2, 0.25) is 0 Å². The van der Waals surface area contributed by atoms with Crippen LogP contribution in [-0.4, -0.2) is 27.8 Å². The highest BCUT2D eigenvalue weighted by Crippen LogP contribution is 2.31. The molecule has 0 aliphatic carbocycles. The predicted molar refractivity (Wildman–Crippen MR) is 102 cm³/mol. The first kappa shape index (κ1) is 17.7. The third kappa shape index (κ3) is 4.11. The summed E-state index contributed by atoms with van der Waals surface area (Å²) < 4.78 is 5.22. The Kier molecular flexibility index (Phi) is 5.55. The molecule has 1 atom stereocenters. The summed E-state index contributed by atoms with van der Waals surface area (Å²) in [5, 5.41) is 2.95. The van der Waals surface area contributed by atoms with Gasteiger partial charge in [-0.1, -0.05) is 49.0 Å². The number of nitrogens with zero attached hydrogens (tertiary/aromatic N) is 1. The van der Waals surface area contributed by atoms with Crippen LogP contribution in [0.1, 0.15) is 20.3 Å². The van der Waals surface area contributed by atoms with Crippen LogP contribution in [0.5, 0.6) is 0 Å². The van der Waals surface area contributed by atoms with Crippen LogP contribution in [0.3, 0.4) is 0 Å². The van der Waals surface area contributed by atoms with E-state index in [4.69, 9.17) is 4.74 Å². The van der Waals surface area contributed by atoms with E-state index in [0.717, 1.165) is 17.5 Å². The van der Waals surface area contributed by atoms with Crippen molar-refractivity contribution in [2.45, 2.75) is 31.5 Å². The van der Waals surface area contributed by atoms with Crippen LogP contribution in [-0.2, 0) is 9.53 Å². The molecule has 0 saturated carbocycles. The van der Waals surface area contributed by atoms with E-state index in [-0.39, 0.29) is 23.4 Å². The van der Waals surface area contributed by atoms with E-state index in [2.05, 4.69) is 9.97 Å². The number of esters is 1. The first-order valence-electron chi connectivity index (χ1n) is 7.97. The maximum Gasteiger partial charge on any atom is 0.316 e. The Balaban J connectivity index is 1.82. The Morgan fingerprint density at radius 2 is 2.12 bits per heavy atom. The second-order valence-corrected chi connectivity index (χ2v) is 7.39. The smallest absolute Gasteiger partial charge is 0.316 e. The number of hydrogen-bond donors (Lipinski definition) is 1. The number of rotatable bonds is 6. The minimum absolute atomic E-state index is 0.103. The Labute approximate surface area is 153 Å². The summed E-state index contributed by atoms with van der Waals surface area (Å²) in [7, 11) is 0. The molecule has 7 heteroatoms. The average molecular weight is 374 g/mol. The summed E-state index contributed by atoms with van der Waals surface area (Å²) in [6.07, 6.45) is 0.669. The highest BCUT2D eigenvalue weighted by molar-refractivity contribution is 7.99. The number of fused-ring (bicyclic) bond motifs is 1. The maximum atomic E-state index is 12.5. The van der Waals surface area contributed by atoms with Gasteiger partial charge in [-0.25, -0.2) is 4.98 Å². The van der Waals surface area contributed by atoms with E-state index in [1.165, 1.54) is 23.1 Å². The van der Waals surface area contributed by atoms with Crippen molar-refractivity contribution in [3.05, 3.63) is 46.1 Å². The molecule has 2 aromatic heterocycles. The van der Waals surface area contributed by atoms with Gasteiger partial charge in [-0.2, -0.15) is 0 Å². The fraction of sp³-hybridized carbons (Fsp3) is 0.278. The lowest BCUT2D eigenvalue weighted by molar-refractivity contribution is -0.144. The number of ether oxygens (including phenoxy) is 1. The molecule has 1 N–H and O–H groups in total. The Hall–Kier alpha value is -2.12. The minimum Gasteiger partial charge on any atom is -0.462 e. The lowest BCUT2D eigenvalue weighted by Crippen LogP contribution is -2.16. The van der Waals surface area contributed by atoms with Crippen LogP contribution >= 0.6 is 23.1 Å². The topological polar surface area (TPSA) is 72.0 Å². The van der Waals surface area contributed by atoms with Crippen LogP contribution in [0.15, 0.2) is 45.7 Å². The lowest BCUT2D eigenvalue weighted by Gasteiger charge is -2.10. The van der Waals surface area contributed by atoms with Gasteiger partial charge in [-0.3, -0.25) is 9.59 Å². The van der Waals surface area contributed by atoms with Crippen molar-refractivity contribution in [3.8, 4) is 11.1 Å². The predicted octanol–water partition coefficient (Wildman–Crippen LogP) is 4.09. The number of carbonyl (C=O) groups excluding carboxylic acids is 1. The van der Waals surface area contributed by atoms with Gasteiger partial charge >= 0.3 is 5.97 Å². The van der Waals surface area contributed by atoms with Gasteiger partial charge in [-0.05, 0) is 18.9 Å². The highest BCUT2D eigenvalue weighted by Gasteiger charge is 2.14. The minimum atomic E-state index is -0.307. The lowest BCUT2D eigenvalue weighted by atomic mass is 10.1. The summed E-state index contributed by atoms with van der Waals surface area (Å²) in [6.45, 7) is 3.81. The number of nitrogens with one attached hydrogen (secondary N) is 1. The third-order valence-corrected chi connectivity index (χ3v) is 5.46. The molecule has 0 aliphatic rings. The van der Waals surface area contributed by atoms with Crippen molar-refractivity contribution in [1.29, 1.82) is 0 Å². The average Bonchev–Trinajstić information content (AvgIpc) is 3.05. The van der Waals surface area contributed by atoms with E-state index in [9.17, 15) is 9.59 Å². The van der Waals surface area contributed by atoms with Crippen molar-refractivity contribution < 1.29 is 9.53 Å². The second kappa shape index (κ2) is 7.84. The van der Waals surface area contributed by atoms with Crippen molar-refractivity contribution in [3.63, 3.8) is 0 Å². The molecule has 0 bridgehead atoms. The zero-order valence-electron chi connectivity index (χ0n) is 13.9. The molecule has 0 fully saturated rings. The van der Waals surface area contributed by atoms with E-state index >= 15 is 0 Å². The van der Waals surface area contributed by atoms with Crippen molar-refractivity contribution in [1.82, 2.24) is 9.97 Å². The second-order valence-electron chi connectivity index (χ2n) is 5.56. The zero-order chi connectivity index (χ0) is 17.8. The number of thioether (sulfide) groups is 1. The van der Waals surface area contributed by atoms with Crippen LogP contribution < -0.4 is 5.56 Å². The van der Waals surface area contributed by atoms with Crippen LogP contribution in [0.4, 0.5) is 0 Å². The number of hydrogen-bond acceptors (Lipinski definition) is 6. The van der Waals surface area contributed by atoms with Gasteiger partial charge in [0.15, 0.2) is 5.16 Å². The normalized spacial score (nSPS) is 12.2. The Morgan fingerprint density at radius 1 is 1.36 bits per heavy atom. The number of aromatic nitrogens is 2. The number of carbonyl (C=O) groups is 1. The van der Waals surface area contributed by atoms with Gasteiger partial charge in [0.25, 0.3) is 5.56 Å². The Morgan fingerprint density at radius 3 is 2.84 bits per heavy atom. The van der Waals surface area contributed by atoms with Crippen molar-refractivity contribution in [2.75, 3.05) is 5.75 Å². The Bertz CT molecular complexity index is 934. The highest BCUT2D eigenvalue weighted by atomic mass is 32.2. The van der Waals surface area contributed by atoms with Gasteiger partial charge in [0.1, 0.15) is 4.83 Å². The molecule has 2 heterocycles. The summed E-state index contributed by atoms with van der Waals surface area (Å²) in [5.74, 6) is -0.186. The molecule has 25 heavy (non-hydrogen) atoms.